The van der Waals surface area contributed by atoms with Gasteiger partial charge in [0.1, 0.15) is 12.4 Å². The van der Waals surface area contributed by atoms with Crippen molar-refractivity contribution in [3.05, 3.63) is 65.2 Å². The molecule has 2 rings (SSSR count). The van der Waals surface area contributed by atoms with Crippen LogP contribution in [0.3, 0.4) is 0 Å². The first-order valence-electron chi connectivity index (χ1n) is 6.69. The van der Waals surface area contributed by atoms with E-state index in [-0.39, 0.29) is 0 Å². The molecular weight excluding hydrogens is 250 g/mol. The Morgan fingerprint density at radius 1 is 1.05 bits per heavy atom. The van der Waals surface area contributed by atoms with Gasteiger partial charge in [0.2, 0.25) is 0 Å². The van der Waals surface area contributed by atoms with Gasteiger partial charge in [-0.15, -0.1) is 0 Å². The van der Waals surface area contributed by atoms with Gasteiger partial charge in [0.25, 0.3) is 0 Å². The summed E-state index contributed by atoms with van der Waals surface area (Å²) >= 11 is 0. The summed E-state index contributed by atoms with van der Waals surface area (Å²) in [5, 5.41) is 3.98. The Labute approximate surface area is 119 Å². The lowest BCUT2D eigenvalue weighted by Gasteiger charge is -2.03. The summed E-state index contributed by atoms with van der Waals surface area (Å²) in [7, 11) is 1.65. The number of methoxy groups -OCH3 is 1. The molecule has 0 aliphatic rings. The molecule has 104 valence electrons. The summed E-state index contributed by atoms with van der Waals surface area (Å²) in [4.78, 5) is 5.29. The van der Waals surface area contributed by atoms with Crippen LogP contribution in [0, 0.1) is 0 Å². The Morgan fingerprint density at radius 3 is 2.55 bits per heavy atom. The van der Waals surface area contributed by atoms with Gasteiger partial charge in [-0.3, -0.25) is 0 Å². The molecule has 20 heavy (non-hydrogen) atoms. The van der Waals surface area contributed by atoms with E-state index in [2.05, 4.69) is 24.2 Å². The maximum Gasteiger partial charge on any atom is 0.142 e. The number of ether oxygens (including phenoxy) is 1. The third kappa shape index (κ3) is 4.12. The SMILES string of the molecule is CCc1ccc(C=NOCc2cccc(OC)c2)cc1. The van der Waals surface area contributed by atoms with Crippen LogP contribution >= 0.6 is 0 Å². The van der Waals surface area contributed by atoms with Gasteiger partial charge in [0.05, 0.1) is 13.3 Å². The quantitative estimate of drug-likeness (QED) is 0.590. The van der Waals surface area contributed by atoms with E-state index in [0.29, 0.717) is 6.61 Å². The summed E-state index contributed by atoms with van der Waals surface area (Å²) < 4.78 is 5.16. The molecule has 0 heterocycles. The number of nitrogens with zero attached hydrogens (tertiary/aromatic N) is 1. The molecule has 3 nitrogen and oxygen atoms in total. The van der Waals surface area contributed by atoms with Gasteiger partial charge in [0.15, 0.2) is 0 Å². The molecule has 2 aromatic rings. The fourth-order valence-electron chi connectivity index (χ4n) is 1.81. The molecule has 0 amide bonds. The topological polar surface area (TPSA) is 30.8 Å². The molecule has 0 aliphatic carbocycles. The van der Waals surface area contributed by atoms with E-state index in [0.717, 1.165) is 23.3 Å². The van der Waals surface area contributed by atoms with E-state index in [1.165, 1.54) is 5.56 Å². The number of rotatable bonds is 6. The van der Waals surface area contributed by atoms with Crippen LogP contribution in [0.15, 0.2) is 53.7 Å². The molecule has 0 unspecified atom stereocenters. The average molecular weight is 269 g/mol. The smallest absolute Gasteiger partial charge is 0.142 e. The van der Waals surface area contributed by atoms with Gasteiger partial charge in [-0.2, -0.15) is 0 Å². The largest absolute Gasteiger partial charge is 0.497 e. The van der Waals surface area contributed by atoms with Crippen molar-refractivity contribution in [1.82, 2.24) is 0 Å². The molecule has 0 aromatic heterocycles. The van der Waals surface area contributed by atoms with Gasteiger partial charge in [0, 0.05) is 0 Å². The zero-order valence-corrected chi connectivity index (χ0v) is 11.9. The molecule has 2 aromatic carbocycles. The third-order valence-electron chi connectivity index (χ3n) is 3.03. The zero-order valence-electron chi connectivity index (χ0n) is 11.9. The molecule has 0 saturated heterocycles. The summed E-state index contributed by atoms with van der Waals surface area (Å²) in [5.41, 5.74) is 3.38. The number of hydrogen-bond acceptors (Lipinski definition) is 3. The second kappa shape index (κ2) is 7.34. The second-order valence-electron chi connectivity index (χ2n) is 4.45. The van der Waals surface area contributed by atoms with E-state index in [1.54, 1.807) is 13.3 Å². The number of hydrogen-bond donors (Lipinski definition) is 0. The molecule has 0 aliphatic heterocycles. The van der Waals surface area contributed by atoms with E-state index < -0.39 is 0 Å². The zero-order chi connectivity index (χ0) is 14.2. The van der Waals surface area contributed by atoms with E-state index in [9.17, 15) is 0 Å². The van der Waals surface area contributed by atoms with Crippen molar-refractivity contribution in [2.45, 2.75) is 20.0 Å². The van der Waals surface area contributed by atoms with Gasteiger partial charge in [-0.25, -0.2) is 0 Å². The van der Waals surface area contributed by atoms with E-state index >= 15 is 0 Å². The van der Waals surface area contributed by atoms with Crippen LogP contribution in [0.25, 0.3) is 0 Å². The fraction of sp³-hybridized carbons (Fsp3) is 0.235. The third-order valence-corrected chi connectivity index (χ3v) is 3.03. The van der Waals surface area contributed by atoms with Gasteiger partial charge < -0.3 is 9.57 Å². The van der Waals surface area contributed by atoms with Gasteiger partial charge in [-0.05, 0) is 35.2 Å². The predicted octanol–water partition coefficient (Wildman–Crippen LogP) is 3.81. The van der Waals surface area contributed by atoms with Crippen LogP contribution in [0.4, 0.5) is 0 Å². The normalized spacial score (nSPS) is 10.7. The van der Waals surface area contributed by atoms with Crippen LogP contribution in [0.5, 0.6) is 5.75 Å². The molecule has 0 N–H and O–H groups in total. The number of aryl methyl sites for hydroxylation is 1. The summed E-state index contributed by atoms with van der Waals surface area (Å²) in [6, 6.07) is 16.0. The van der Waals surface area contributed by atoms with Crippen LogP contribution < -0.4 is 4.74 Å². The van der Waals surface area contributed by atoms with Gasteiger partial charge >= 0.3 is 0 Å². The Balaban J connectivity index is 1.86. The van der Waals surface area contributed by atoms with Crippen molar-refractivity contribution in [2.24, 2.45) is 5.16 Å². The minimum atomic E-state index is 0.431. The monoisotopic (exact) mass is 269 g/mol. The Hall–Kier alpha value is -2.29. The highest BCUT2D eigenvalue weighted by Crippen LogP contribution is 2.13. The highest BCUT2D eigenvalue weighted by atomic mass is 16.6. The molecule has 0 saturated carbocycles. The van der Waals surface area contributed by atoms with Crippen LogP contribution in [0.2, 0.25) is 0 Å². The van der Waals surface area contributed by atoms with Crippen molar-refractivity contribution >= 4 is 6.21 Å². The van der Waals surface area contributed by atoms with Crippen molar-refractivity contribution < 1.29 is 9.57 Å². The predicted molar refractivity (Wildman–Crippen MR) is 81.2 cm³/mol. The lowest BCUT2D eigenvalue weighted by molar-refractivity contribution is 0.132. The summed E-state index contributed by atoms with van der Waals surface area (Å²) in [6.07, 6.45) is 2.77. The lowest BCUT2D eigenvalue weighted by atomic mass is 10.1. The molecule has 0 fully saturated rings. The van der Waals surface area contributed by atoms with Crippen molar-refractivity contribution in [3.8, 4) is 5.75 Å². The Morgan fingerprint density at radius 2 is 1.85 bits per heavy atom. The minimum absolute atomic E-state index is 0.431. The van der Waals surface area contributed by atoms with E-state index in [4.69, 9.17) is 9.57 Å². The molecule has 0 radical (unpaired) electrons. The maximum absolute atomic E-state index is 5.29. The van der Waals surface area contributed by atoms with Crippen LogP contribution in [-0.2, 0) is 17.9 Å². The lowest BCUT2D eigenvalue weighted by Crippen LogP contribution is -1.90. The van der Waals surface area contributed by atoms with Crippen molar-refractivity contribution in [2.75, 3.05) is 7.11 Å². The molecular formula is C17H19NO2. The first kappa shape index (κ1) is 14.1. The summed E-state index contributed by atoms with van der Waals surface area (Å²) in [5.74, 6) is 0.824. The highest BCUT2D eigenvalue weighted by molar-refractivity contribution is 5.79. The number of benzene rings is 2. The molecule has 0 atom stereocenters. The molecule has 0 bridgehead atoms. The molecule has 3 heteroatoms. The average Bonchev–Trinajstić information content (AvgIpc) is 2.52. The Bertz CT molecular complexity index is 561. The Kier molecular flexibility index (Phi) is 5.18. The summed E-state index contributed by atoms with van der Waals surface area (Å²) in [6.45, 7) is 2.57. The first-order valence-corrected chi connectivity index (χ1v) is 6.69. The van der Waals surface area contributed by atoms with Gasteiger partial charge in [-0.1, -0.05) is 48.5 Å². The fourth-order valence-corrected chi connectivity index (χ4v) is 1.81. The van der Waals surface area contributed by atoms with Crippen molar-refractivity contribution in [1.29, 1.82) is 0 Å². The maximum atomic E-state index is 5.29. The standard InChI is InChI=1S/C17H19NO2/c1-3-14-7-9-15(10-8-14)12-18-20-13-16-5-4-6-17(11-16)19-2/h4-12H,3,13H2,1-2H3. The first-order chi connectivity index (χ1) is 9.81. The van der Waals surface area contributed by atoms with E-state index in [1.807, 2.05) is 36.4 Å². The second-order valence-corrected chi connectivity index (χ2v) is 4.45. The van der Waals surface area contributed by atoms with Crippen LogP contribution in [-0.4, -0.2) is 13.3 Å². The van der Waals surface area contributed by atoms with Crippen molar-refractivity contribution in [3.63, 3.8) is 0 Å². The van der Waals surface area contributed by atoms with Crippen LogP contribution in [0.1, 0.15) is 23.6 Å². The highest BCUT2D eigenvalue weighted by Gasteiger charge is 1.95. The molecule has 0 spiro atoms. The minimum Gasteiger partial charge on any atom is -0.497 e. The number of oxime groups is 1.